The summed E-state index contributed by atoms with van der Waals surface area (Å²) in [4.78, 5) is 30.8. The number of aromatic hydroxyl groups is 1. The van der Waals surface area contributed by atoms with Crippen molar-refractivity contribution in [3.63, 3.8) is 0 Å². The van der Waals surface area contributed by atoms with Gasteiger partial charge in [-0.05, 0) is 62.7 Å². The van der Waals surface area contributed by atoms with Crippen LogP contribution < -0.4 is 20.9 Å². The van der Waals surface area contributed by atoms with E-state index >= 15 is 0 Å². The average molecular weight is 531 g/mol. The van der Waals surface area contributed by atoms with E-state index in [1.807, 2.05) is 37.1 Å². The highest BCUT2D eigenvalue weighted by Crippen LogP contribution is 2.36. The molecule has 0 bridgehead atoms. The molecule has 0 spiro atoms. The highest BCUT2D eigenvalue weighted by atomic mass is 19.1. The fourth-order valence-corrected chi connectivity index (χ4v) is 4.81. The number of carbonyl (C=O) groups excluding carboxylic acids is 1. The standard InChI is InChI=1S/C28H31FN8O2/c1-15-10-18(30)11-21(25(15)29)16(2)32-26-22-12-19(6-7-23(22)33-17(3)34-26)36(5)20-13-24(27(38)31-14-20)37-9-8-35(4)28(37)39/h6-7,10-14,16H,8-9,30H2,1-5H3,(H,31,38)(H,32,33,34)/t16-/m1/s1. The second kappa shape index (κ2) is 9.90. The first-order valence-electron chi connectivity index (χ1n) is 12.6. The molecule has 0 unspecified atom stereocenters. The van der Waals surface area contributed by atoms with Crippen LogP contribution in [0.5, 0.6) is 5.88 Å². The summed E-state index contributed by atoms with van der Waals surface area (Å²) in [5.74, 6) is 0.630. The van der Waals surface area contributed by atoms with E-state index in [0.717, 1.165) is 16.6 Å². The van der Waals surface area contributed by atoms with Crippen LogP contribution in [0.25, 0.3) is 10.9 Å². The number of hydrogen-bond acceptors (Lipinski definition) is 8. The molecule has 0 radical (unpaired) electrons. The number of carbonyl (C=O) groups is 1. The normalized spacial score (nSPS) is 14.3. The van der Waals surface area contributed by atoms with Gasteiger partial charge in [-0.25, -0.2) is 24.1 Å². The molecule has 1 fully saturated rings. The van der Waals surface area contributed by atoms with Gasteiger partial charge in [0.05, 0.1) is 23.4 Å². The molecule has 1 saturated heterocycles. The smallest absolute Gasteiger partial charge is 0.324 e. The molecular formula is C28H31FN8O2. The third-order valence-electron chi connectivity index (χ3n) is 7.03. The van der Waals surface area contributed by atoms with Crippen molar-refractivity contribution in [2.75, 3.05) is 48.0 Å². The van der Waals surface area contributed by atoms with Crippen molar-refractivity contribution in [1.82, 2.24) is 19.9 Å². The molecule has 202 valence electrons. The number of nitrogens with one attached hydrogen (secondary N) is 1. The van der Waals surface area contributed by atoms with Crippen LogP contribution in [-0.4, -0.2) is 58.2 Å². The van der Waals surface area contributed by atoms with Crippen LogP contribution in [0.15, 0.2) is 42.6 Å². The lowest BCUT2D eigenvalue weighted by Gasteiger charge is -2.23. The van der Waals surface area contributed by atoms with Crippen LogP contribution in [0.1, 0.15) is 29.9 Å². The number of halogens is 1. The maximum atomic E-state index is 14.9. The van der Waals surface area contributed by atoms with Gasteiger partial charge in [-0.1, -0.05) is 0 Å². The minimum absolute atomic E-state index is 0.193. The zero-order chi connectivity index (χ0) is 28.0. The fourth-order valence-electron chi connectivity index (χ4n) is 4.81. The molecule has 1 atom stereocenters. The molecule has 2 amide bonds. The number of amides is 2. The van der Waals surface area contributed by atoms with E-state index < -0.39 is 6.04 Å². The van der Waals surface area contributed by atoms with Crippen LogP contribution in [0.2, 0.25) is 0 Å². The third-order valence-corrected chi connectivity index (χ3v) is 7.03. The van der Waals surface area contributed by atoms with E-state index in [1.165, 1.54) is 4.90 Å². The Morgan fingerprint density at radius 1 is 1.13 bits per heavy atom. The van der Waals surface area contributed by atoms with E-state index in [2.05, 4.69) is 20.3 Å². The van der Waals surface area contributed by atoms with Crippen LogP contribution in [0.4, 0.5) is 37.8 Å². The summed E-state index contributed by atoms with van der Waals surface area (Å²) >= 11 is 0. The van der Waals surface area contributed by atoms with Gasteiger partial charge in [0.15, 0.2) is 0 Å². The van der Waals surface area contributed by atoms with Crippen molar-refractivity contribution in [1.29, 1.82) is 0 Å². The minimum Gasteiger partial charge on any atom is -0.492 e. The number of hydrogen-bond donors (Lipinski definition) is 3. The summed E-state index contributed by atoms with van der Waals surface area (Å²) in [5.41, 5.74) is 9.98. The molecule has 39 heavy (non-hydrogen) atoms. The van der Waals surface area contributed by atoms with Gasteiger partial charge in [0.2, 0.25) is 5.88 Å². The highest BCUT2D eigenvalue weighted by molar-refractivity contribution is 5.96. The van der Waals surface area contributed by atoms with Crippen molar-refractivity contribution in [3.8, 4) is 5.88 Å². The molecule has 5 rings (SSSR count). The first kappa shape index (κ1) is 26.0. The number of urea groups is 1. The molecule has 10 nitrogen and oxygen atoms in total. The number of rotatable bonds is 6. The molecule has 11 heteroatoms. The molecule has 2 aromatic heterocycles. The lowest BCUT2D eigenvalue weighted by Crippen LogP contribution is -2.29. The molecule has 4 N–H and O–H groups in total. The van der Waals surface area contributed by atoms with Crippen LogP contribution in [0, 0.1) is 19.7 Å². The number of fused-ring (bicyclic) bond motifs is 1. The molecule has 1 aliphatic rings. The predicted molar refractivity (Wildman–Crippen MR) is 151 cm³/mol. The predicted octanol–water partition coefficient (Wildman–Crippen LogP) is 4.88. The average Bonchev–Trinajstić information content (AvgIpc) is 3.23. The van der Waals surface area contributed by atoms with E-state index in [9.17, 15) is 14.3 Å². The molecule has 3 heterocycles. The van der Waals surface area contributed by atoms with Crippen molar-refractivity contribution < 1.29 is 14.3 Å². The summed E-state index contributed by atoms with van der Waals surface area (Å²) < 4.78 is 14.9. The molecule has 0 aliphatic carbocycles. The Kier molecular flexibility index (Phi) is 6.59. The lowest BCUT2D eigenvalue weighted by molar-refractivity contribution is 0.229. The quantitative estimate of drug-likeness (QED) is 0.301. The topological polar surface area (TPSA) is 124 Å². The zero-order valence-corrected chi connectivity index (χ0v) is 22.5. The number of nitrogens with zero attached hydrogens (tertiary/aromatic N) is 6. The van der Waals surface area contributed by atoms with Crippen molar-refractivity contribution in [2.45, 2.75) is 26.8 Å². The van der Waals surface area contributed by atoms with E-state index in [0.29, 0.717) is 52.9 Å². The largest absolute Gasteiger partial charge is 0.492 e. The maximum absolute atomic E-state index is 14.9. The van der Waals surface area contributed by atoms with E-state index in [4.69, 9.17) is 5.73 Å². The Labute approximate surface area is 225 Å². The fraction of sp³-hybridized carbons (Fsp3) is 0.286. The van der Waals surface area contributed by atoms with Crippen molar-refractivity contribution in [3.05, 3.63) is 65.4 Å². The van der Waals surface area contributed by atoms with Gasteiger partial charge in [-0.2, -0.15) is 0 Å². The second-order valence-corrected chi connectivity index (χ2v) is 9.88. The number of likely N-dealkylation sites (N-methyl/N-ethyl adjacent to an activating group) is 1. The van der Waals surface area contributed by atoms with Crippen molar-refractivity contribution in [2.24, 2.45) is 0 Å². The monoisotopic (exact) mass is 530 g/mol. The highest BCUT2D eigenvalue weighted by Gasteiger charge is 2.29. The number of anilines is 5. The third kappa shape index (κ3) is 4.83. The van der Waals surface area contributed by atoms with Crippen LogP contribution in [-0.2, 0) is 0 Å². The summed E-state index contributed by atoms with van der Waals surface area (Å²) in [6.45, 7) is 6.38. The summed E-state index contributed by atoms with van der Waals surface area (Å²) in [5, 5.41) is 14.5. The Bertz CT molecular complexity index is 1590. The number of nitrogen functional groups attached to an aromatic ring is 1. The summed E-state index contributed by atoms with van der Waals surface area (Å²) in [6.07, 6.45) is 1.55. The van der Waals surface area contributed by atoms with Gasteiger partial charge < -0.3 is 26.0 Å². The number of nitrogens with two attached hydrogens (primary N) is 1. The van der Waals surface area contributed by atoms with Gasteiger partial charge in [0.25, 0.3) is 0 Å². The molecule has 2 aromatic carbocycles. The van der Waals surface area contributed by atoms with E-state index in [1.54, 1.807) is 50.2 Å². The number of aryl methyl sites for hydroxylation is 2. The number of pyridine rings is 1. The van der Waals surface area contributed by atoms with E-state index in [-0.39, 0.29) is 17.7 Å². The Hall–Kier alpha value is -4.67. The Morgan fingerprint density at radius 3 is 2.62 bits per heavy atom. The Morgan fingerprint density at radius 2 is 1.90 bits per heavy atom. The molecule has 1 aliphatic heterocycles. The molecular weight excluding hydrogens is 499 g/mol. The van der Waals surface area contributed by atoms with Crippen LogP contribution >= 0.6 is 0 Å². The first-order chi connectivity index (χ1) is 18.5. The SMILES string of the molecule is Cc1nc(N[C@H](C)c2cc(N)cc(C)c2F)c2cc(N(C)c3cnc(O)c(N4CCN(C)C4=O)c3)ccc2n1. The van der Waals surface area contributed by atoms with Crippen LogP contribution in [0.3, 0.4) is 0 Å². The number of aromatic nitrogens is 3. The minimum atomic E-state index is -0.411. The first-order valence-corrected chi connectivity index (χ1v) is 12.6. The molecule has 0 saturated carbocycles. The van der Waals surface area contributed by atoms with Crippen molar-refractivity contribution >= 4 is 45.5 Å². The second-order valence-electron chi connectivity index (χ2n) is 9.88. The molecule has 4 aromatic rings. The zero-order valence-electron chi connectivity index (χ0n) is 22.5. The maximum Gasteiger partial charge on any atom is 0.324 e. The van der Waals surface area contributed by atoms with Gasteiger partial charge in [-0.15, -0.1) is 0 Å². The van der Waals surface area contributed by atoms with Gasteiger partial charge >= 0.3 is 6.03 Å². The lowest BCUT2D eigenvalue weighted by atomic mass is 10.0. The number of benzene rings is 2. The van der Waals surface area contributed by atoms with Gasteiger partial charge in [0, 0.05) is 49.5 Å². The van der Waals surface area contributed by atoms with Gasteiger partial charge in [0.1, 0.15) is 23.1 Å². The summed E-state index contributed by atoms with van der Waals surface area (Å²) in [7, 11) is 3.59. The Balaban J connectivity index is 1.50. The van der Waals surface area contributed by atoms with Gasteiger partial charge in [-0.3, -0.25) is 4.90 Å². The summed E-state index contributed by atoms with van der Waals surface area (Å²) in [6, 6.07) is 10.1.